The second kappa shape index (κ2) is 15.1. The maximum atomic E-state index is 12.6. The topological polar surface area (TPSA) is 258 Å². The largest absolute Gasteiger partial charge is 0.480 e. The summed E-state index contributed by atoms with van der Waals surface area (Å²) in [5.74, 6) is -5.02. The highest BCUT2D eigenvalue weighted by Crippen LogP contribution is 2.02. The number of hydrogen-bond donors (Lipinski definition) is 10. The summed E-state index contributed by atoms with van der Waals surface area (Å²) in [5.41, 5.74) is 21.0. The van der Waals surface area contributed by atoms with Gasteiger partial charge >= 0.3 is 5.97 Å². The molecule has 0 aromatic rings. The van der Waals surface area contributed by atoms with E-state index >= 15 is 0 Å². The summed E-state index contributed by atoms with van der Waals surface area (Å²) in [6.07, 6.45) is -0.394. The molecule has 0 fully saturated rings. The molecule has 0 spiro atoms. The van der Waals surface area contributed by atoms with Gasteiger partial charge in [0, 0.05) is 18.1 Å². The van der Waals surface area contributed by atoms with Gasteiger partial charge in [0.25, 0.3) is 0 Å². The first-order chi connectivity index (χ1) is 14.9. The molecule has 0 bridgehead atoms. The highest BCUT2D eigenvalue weighted by molar-refractivity contribution is 7.80. The summed E-state index contributed by atoms with van der Waals surface area (Å²) in [4.78, 5) is 63.5. The van der Waals surface area contributed by atoms with Crippen molar-refractivity contribution in [3.05, 3.63) is 0 Å². The fourth-order valence-corrected chi connectivity index (χ4v) is 2.69. The van der Waals surface area contributed by atoms with Crippen LogP contribution in [0.1, 0.15) is 19.3 Å². The zero-order chi connectivity index (χ0) is 24.8. The Morgan fingerprint density at radius 3 is 1.84 bits per heavy atom. The van der Waals surface area contributed by atoms with Gasteiger partial charge in [0.2, 0.25) is 23.6 Å². The molecule has 16 heteroatoms. The van der Waals surface area contributed by atoms with E-state index in [1.165, 1.54) is 0 Å². The van der Waals surface area contributed by atoms with E-state index in [1.54, 1.807) is 0 Å². The normalized spacial score (nSPS) is 14.2. The van der Waals surface area contributed by atoms with Crippen LogP contribution in [-0.4, -0.2) is 82.9 Å². The van der Waals surface area contributed by atoms with Gasteiger partial charge in [-0.25, -0.2) is 4.79 Å². The summed E-state index contributed by atoms with van der Waals surface area (Å²) < 4.78 is 0. The molecular formula is C16H30N8O6S2. The van der Waals surface area contributed by atoms with E-state index in [4.69, 9.17) is 22.9 Å². The molecule has 0 saturated carbocycles. The van der Waals surface area contributed by atoms with Gasteiger partial charge in [-0.15, -0.1) is 0 Å². The third-order valence-electron chi connectivity index (χ3n) is 3.95. The van der Waals surface area contributed by atoms with E-state index in [9.17, 15) is 29.1 Å². The molecule has 0 rings (SSSR count). The maximum absolute atomic E-state index is 12.6. The molecule has 14 nitrogen and oxygen atoms in total. The zero-order valence-corrected chi connectivity index (χ0v) is 19.0. The number of nitrogens with zero attached hydrogens (tertiary/aromatic N) is 1. The number of nitrogens with one attached hydrogen (secondary N) is 3. The molecular weight excluding hydrogens is 464 g/mol. The average molecular weight is 495 g/mol. The maximum Gasteiger partial charge on any atom is 0.326 e. The smallest absolute Gasteiger partial charge is 0.326 e. The van der Waals surface area contributed by atoms with Crippen molar-refractivity contribution in [3.8, 4) is 0 Å². The van der Waals surface area contributed by atoms with Crippen molar-refractivity contribution < 1.29 is 29.1 Å². The number of aliphatic imine (C=N–C) groups is 1. The summed E-state index contributed by atoms with van der Waals surface area (Å²) in [7, 11) is 0. The Balaban J connectivity index is 5.23. The monoisotopic (exact) mass is 494 g/mol. The van der Waals surface area contributed by atoms with Crippen LogP contribution in [0.2, 0.25) is 0 Å². The van der Waals surface area contributed by atoms with Gasteiger partial charge in [0.15, 0.2) is 5.96 Å². The molecule has 4 atom stereocenters. The number of carboxylic acids is 1. The number of carboxylic acid groups (broad SMARTS) is 1. The molecule has 182 valence electrons. The first-order valence-electron chi connectivity index (χ1n) is 9.37. The number of amides is 4. The number of hydrogen-bond acceptors (Lipinski definition) is 9. The van der Waals surface area contributed by atoms with Gasteiger partial charge in [-0.3, -0.25) is 24.2 Å². The molecule has 4 amide bonds. The zero-order valence-electron chi connectivity index (χ0n) is 17.2. The number of guanidine groups is 1. The highest BCUT2D eigenvalue weighted by Gasteiger charge is 2.30. The number of rotatable bonds is 15. The lowest BCUT2D eigenvalue weighted by Gasteiger charge is -2.23. The van der Waals surface area contributed by atoms with Gasteiger partial charge in [0.05, 0.1) is 12.5 Å². The molecule has 0 aliphatic heterocycles. The molecule has 0 aromatic carbocycles. The first kappa shape index (κ1) is 29.3. The lowest BCUT2D eigenvalue weighted by atomic mass is 10.1. The van der Waals surface area contributed by atoms with Crippen LogP contribution < -0.4 is 38.9 Å². The number of primary amides is 1. The van der Waals surface area contributed by atoms with E-state index in [1.807, 2.05) is 0 Å². The molecule has 0 aliphatic rings. The van der Waals surface area contributed by atoms with Crippen molar-refractivity contribution in [2.24, 2.45) is 27.9 Å². The van der Waals surface area contributed by atoms with Crippen molar-refractivity contribution in [1.29, 1.82) is 0 Å². The van der Waals surface area contributed by atoms with Crippen LogP contribution in [0.15, 0.2) is 4.99 Å². The van der Waals surface area contributed by atoms with Gasteiger partial charge in [0.1, 0.15) is 18.1 Å². The SMILES string of the molecule is NC(=O)CC(NC(=O)C(CS)NC(=O)C(N)CS)C(=O)NC(CCCN=C(N)N)C(=O)O. The first-order valence-corrected chi connectivity index (χ1v) is 10.6. The lowest BCUT2D eigenvalue weighted by Crippen LogP contribution is -2.58. The second-order valence-corrected chi connectivity index (χ2v) is 7.34. The van der Waals surface area contributed by atoms with Crippen LogP contribution in [0.25, 0.3) is 0 Å². The van der Waals surface area contributed by atoms with Crippen LogP contribution in [0.4, 0.5) is 0 Å². The highest BCUT2D eigenvalue weighted by atomic mass is 32.1. The molecule has 0 aliphatic carbocycles. The van der Waals surface area contributed by atoms with Crippen molar-refractivity contribution in [2.75, 3.05) is 18.1 Å². The summed E-state index contributed by atoms with van der Waals surface area (Å²) in [5, 5.41) is 16.2. The third kappa shape index (κ3) is 11.6. The van der Waals surface area contributed by atoms with Gasteiger partial charge in [-0.1, -0.05) is 0 Å². The van der Waals surface area contributed by atoms with Gasteiger partial charge < -0.3 is 44.0 Å². The van der Waals surface area contributed by atoms with E-state index in [-0.39, 0.29) is 36.9 Å². The molecule has 4 unspecified atom stereocenters. The number of carbonyl (C=O) groups excluding carboxylic acids is 4. The van der Waals surface area contributed by atoms with E-state index in [0.29, 0.717) is 0 Å². The molecule has 0 heterocycles. The van der Waals surface area contributed by atoms with Crippen LogP contribution in [0, 0.1) is 0 Å². The molecule has 0 aromatic heterocycles. The second-order valence-electron chi connectivity index (χ2n) is 6.61. The predicted molar refractivity (Wildman–Crippen MR) is 123 cm³/mol. The average Bonchev–Trinajstić information content (AvgIpc) is 2.71. The van der Waals surface area contributed by atoms with Crippen LogP contribution in [0.3, 0.4) is 0 Å². The molecule has 12 N–H and O–H groups in total. The van der Waals surface area contributed by atoms with E-state index in [0.717, 1.165) is 0 Å². The Hall–Kier alpha value is -2.72. The standard InChI is InChI=1S/C16H30N8O6S2/c17-7(5-31)12(26)24-10(6-32)14(28)23-9(4-11(18)25)13(27)22-8(15(29)30)2-1-3-21-16(19)20/h7-10,31-32H,1-6,17H2,(H2,18,25)(H,22,27)(H,23,28)(H,24,26)(H,29,30)(H4,19,20,21). The van der Waals surface area contributed by atoms with Crippen LogP contribution in [-0.2, 0) is 24.0 Å². The van der Waals surface area contributed by atoms with Crippen molar-refractivity contribution in [2.45, 2.75) is 43.4 Å². The number of carbonyl (C=O) groups is 5. The summed E-state index contributed by atoms with van der Waals surface area (Å²) in [6, 6.07) is -4.99. The minimum atomic E-state index is -1.49. The van der Waals surface area contributed by atoms with Crippen LogP contribution >= 0.6 is 25.3 Å². The van der Waals surface area contributed by atoms with E-state index < -0.39 is 60.2 Å². The van der Waals surface area contributed by atoms with Gasteiger partial charge in [-0.2, -0.15) is 25.3 Å². The number of thiol groups is 2. The summed E-state index contributed by atoms with van der Waals surface area (Å²) >= 11 is 7.87. The Labute approximate surface area is 195 Å². The molecule has 0 radical (unpaired) electrons. The number of aliphatic carboxylic acids is 1. The van der Waals surface area contributed by atoms with Gasteiger partial charge in [-0.05, 0) is 12.8 Å². The minimum Gasteiger partial charge on any atom is -0.480 e. The van der Waals surface area contributed by atoms with E-state index in [2.05, 4.69) is 46.2 Å². The van der Waals surface area contributed by atoms with Crippen molar-refractivity contribution >= 4 is 60.8 Å². The summed E-state index contributed by atoms with van der Waals surface area (Å²) in [6.45, 7) is 0.140. The minimum absolute atomic E-state index is 0.0218. The Bertz CT molecular complexity index is 719. The van der Waals surface area contributed by atoms with Crippen molar-refractivity contribution in [1.82, 2.24) is 16.0 Å². The Morgan fingerprint density at radius 2 is 1.38 bits per heavy atom. The number of nitrogens with two attached hydrogens (primary N) is 4. The molecule has 0 saturated heterocycles. The Kier molecular flexibility index (Phi) is 13.9. The quantitative estimate of drug-likeness (QED) is 0.0455. The third-order valence-corrected chi connectivity index (χ3v) is 4.71. The fourth-order valence-electron chi connectivity index (χ4n) is 2.27. The van der Waals surface area contributed by atoms with Crippen molar-refractivity contribution in [3.63, 3.8) is 0 Å². The van der Waals surface area contributed by atoms with Crippen LogP contribution in [0.5, 0.6) is 0 Å². The lowest BCUT2D eigenvalue weighted by molar-refractivity contribution is -0.142. The Morgan fingerprint density at radius 1 is 0.844 bits per heavy atom. The fraction of sp³-hybridized carbons (Fsp3) is 0.625. The predicted octanol–water partition coefficient (Wildman–Crippen LogP) is -4.36. The molecule has 32 heavy (non-hydrogen) atoms.